The van der Waals surface area contributed by atoms with Gasteiger partial charge in [0.15, 0.2) is 0 Å². The lowest BCUT2D eigenvalue weighted by Gasteiger charge is -2.05. The van der Waals surface area contributed by atoms with Gasteiger partial charge in [-0.3, -0.25) is 14.4 Å². The first kappa shape index (κ1) is 28.6. The predicted molar refractivity (Wildman–Crippen MR) is 121 cm³/mol. The Morgan fingerprint density at radius 3 is 1.33 bits per heavy atom. The lowest BCUT2D eigenvalue weighted by molar-refractivity contribution is -0.161. The van der Waals surface area contributed by atoms with E-state index in [0.717, 1.165) is 25.7 Å². The van der Waals surface area contributed by atoms with Crippen LogP contribution in [0.5, 0.6) is 0 Å². The maximum atomic E-state index is 11.6. The molecule has 5 nitrogen and oxygen atoms in total. The van der Waals surface area contributed by atoms with Gasteiger partial charge in [0.05, 0.1) is 19.4 Å². The Labute approximate surface area is 184 Å². The summed E-state index contributed by atoms with van der Waals surface area (Å²) < 4.78 is 9.61. The van der Waals surface area contributed by atoms with Crippen LogP contribution in [0.3, 0.4) is 0 Å². The van der Waals surface area contributed by atoms with Gasteiger partial charge in [-0.2, -0.15) is 0 Å². The molecule has 0 unspecified atom stereocenters. The minimum Gasteiger partial charge on any atom is -0.466 e. The van der Waals surface area contributed by atoms with Crippen LogP contribution < -0.4 is 0 Å². The number of ether oxygens (including phenoxy) is 2. The monoisotopic (exact) mass is 426 g/mol. The second-order valence-electron chi connectivity index (χ2n) is 8.27. The highest BCUT2D eigenvalue weighted by molar-refractivity contribution is 5.87. The van der Waals surface area contributed by atoms with E-state index >= 15 is 0 Å². The molecule has 0 amide bonds. The van der Waals surface area contributed by atoms with E-state index in [0.29, 0.717) is 6.61 Å². The van der Waals surface area contributed by atoms with E-state index in [2.05, 4.69) is 6.92 Å². The van der Waals surface area contributed by atoms with Crippen LogP contribution in [0.25, 0.3) is 0 Å². The average molecular weight is 427 g/mol. The van der Waals surface area contributed by atoms with Crippen molar-refractivity contribution in [2.75, 3.05) is 6.61 Å². The number of carbonyl (C=O) groups excluding carboxylic acids is 3. The zero-order valence-electron chi connectivity index (χ0n) is 19.7. The summed E-state index contributed by atoms with van der Waals surface area (Å²) in [7, 11) is 0. The highest BCUT2D eigenvalue weighted by atomic mass is 16.6. The minimum absolute atomic E-state index is 0.0366. The number of carbonyl (C=O) groups is 3. The molecule has 0 saturated carbocycles. The number of esters is 3. The summed E-state index contributed by atoms with van der Waals surface area (Å²) in [6.07, 6.45) is 19.9. The smallest absolute Gasteiger partial charge is 0.314 e. The van der Waals surface area contributed by atoms with Crippen LogP contribution in [0.15, 0.2) is 0 Å². The molecule has 0 bridgehead atoms. The Hall–Kier alpha value is -1.39. The summed E-state index contributed by atoms with van der Waals surface area (Å²) in [5.41, 5.74) is 0. The maximum Gasteiger partial charge on any atom is 0.314 e. The van der Waals surface area contributed by atoms with Crippen LogP contribution in [0, 0.1) is 0 Å². The molecule has 0 aliphatic rings. The van der Waals surface area contributed by atoms with Gasteiger partial charge in [-0.05, 0) is 12.8 Å². The Kier molecular flexibility index (Phi) is 21.3. The third-order valence-corrected chi connectivity index (χ3v) is 5.21. The molecule has 0 spiro atoms. The van der Waals surface area contributed by atoms with Crippen molar-refractivity contribution in [1.29, 1.82) is 0 Å². The first-order valence-electron chi connectivity index (χ1n) is 12.5. The fourth-order valence-corrected chi connectivity index (χ4v) is 3.36. The van der Waals surface area contributed by atoms with E-state index in [-0.39, 0.29) is 19.3 Å². The van der Waals surface area contributed by atoms with E-state index in [1.165, 1.54) is 77.0 Å². The Morgan fingerprint density at radius 1 is 0.467 bits per heavy atom. The molecule has 0 heterocycles. The van der Waals surface area contributed by atoms with Crippen molar-refractivity contribution in [1.82, 2.24) is 0 Å². The van der Waals surface area contributed by atoms with E-state index < -0.39 is 17.9 Å². The second-order valence-corrected chi connectivity index (χ2v) is 8.27. The van der Waals surface area contributed by atoms with Gasteiger partial charge >= 0.3 is 17.9 Å². The fraction of sp³-hybridized carbons (Fsp3) is 0.880. The summed E-state index contributed by atoms with van der Waals surface area (Å²) in [6, 6.07) is 0. The Balaban J connectivity index is 3.35. The molecule has 0 rings (SSSR count). The lowest BCUT2D eigenvalue weighted by atomic mass is 10.0. The van der Waals surface area contributed by atoms with Crippen molar-refractivity contribution < 1.29 is 23.9 Å². The molecule has 0 radical (unpaired) electrons. The van der Waals surface area contributed by atoms with Crippen molar-refractivity contribution in [3.63, 3.8) is 0 Å². The molecule has 0 aliphatic carbocycles. The largest absolute Gasteiger partial charge is 0.466 e. The van der Waals surface area contributed by atoms with Gasteiger partial charge in [0.2, 0.25) is 0 Å². The zero-order chi connectivity index (χ0) is 22.3. The number of unbranched alkanes of at least 4 members (excludes halogenated alkanes) is 14. The molecule has 176 valence electrons. The minimum atomic E-state index is -0.644. The summed E-state index contributed by atoms with van der Waals surface area (Å²) in [4.78, 5) is 34.5. The summed E-state index contributed by atoms with van der Waals surface area (Å²) >= 11 is 0. The van der Waals surface area contributed by atoms with Gasteiger partial charge in [-0.15, -0.1) is 0 Å². The second kappa shape index (κ2) is 22.3. The SMILES string of the molecule is CCCCCCCCCCCCCCCCCC(=O)OC(=O)CCC(=O)OCCC. The third kappa shape index (κ3) is 21.3. The number of rotatable bonds is 21. The van der Waals surface area contributed by atoms with Crippen molar-refractivity contribution >= 4 is 17.9 Å². The molecule has 0 aliphatic heterocycles. The van der Waals surface area contributed by atoms with Gasteiger partial charge in [0, 0.05) is 6.42 Å². The van der Waals surface area contributed by atoms with Crippen LogP contribution in [0.4, 0.5) is 0 Å². The van der Waals surface area contributed by atoms with E-state index in [1.807, 2.05) is 6.92 Å². The van der Waals surface area contributed by atoms with Gasteiger partial charge in [-0.25, -0.2) is 0 Å². The first-order chi connectivity index (χ1) is 14.6. The average Bonchev–Trinajstić information content (AvgIpc) is 2.73. The van der Waals surface area contributed by atoms with E-state index in [1.54, 1.807) is 0 Å². The summed E-state index contributed by atoms with van der Waals surface area (Å²) in [6.45, 7) is 4.51. The molecule has 0 aromatic rings. The molecule has 0 N–H and O–H groups in total. The van der Waals surface area contributed by atoms with Crippen LogP contribution in [0.1, 0.15) is 136 Å². The van der Waals surface area contributed by atoms with Crippen molar-refractivity contribution in [2.24, 2.45) is 0 Å². The van der Waals surface area contributed by atoms with Crippen LogP contribution in [-0.2, 0) is 23.9 Å². The lowest BCUT2D eigenvalue weighted by Crippen LogP contribution is -2.14. The standard InChI is InChI=1S/C25H46O5/c1-3-5-6-7-8-9-10-11-12-13-14-15-16-17-18-19-24(27)30-25(28)21-20-23(26)29-22-4-2/h3-22H2,1-2H3. The maximum absolute atomic E-state index is 11.6. The van der Waals surface area contributed by atoms with Crippen LogP contribution in [0.2, 0.25) is 0 Å². The van der Waals surface area contributed by atoms with Gasteiger partial charge in [-0.1, -0.05) is 104 Å². The fourth-order valence-electron chi connectivity index (χ4n) is 3.36. The molecule has 5 heteroatoms. The van der Waals surface area contributed by atoms with Crippen LogP contribution >= 0.6 is 0 Å². The normalized spacial score (nSPS) is 10.7. The molecule has 0 saturated heterocycles. The third-order valence-electron chi connectivity index (χ3n) is 5.21. The molecular weight excluding hydrogens is 380 g/mol. The van der Waals surface area contributed by atoms with Gasteiger partial charge in [0.25, 0.3) is 0 Å². The molecule has 0 aromatic carbocycles. The first-order valence-corrected chi connectivity index (χ1v) is 12.5. The quantitative estimate of drug-likeness (QED) is 0.112. The van der Waals surface area contributed by atoms with Gasteiger partial charge < -0.3 is 9.47 Å². The highest BCUT2D eigenvalue weighted by Crippen LogP contribution is 2.14. The predicted octanol–water partition coefficient (Wildman–Crippen LogP) is 7.05. The number of hydrogen-bond donors (Lipinski definition) is 0. The molecule has 0 aromatic heterocycles. The van der Waals surface area contributed by atoms with Gasteiger partial charge in [0.1, 0.15) is 0 Å². The molecule has 0 atom stereocenters. The van der Waals surface area contributed by atoms with Crippen molar-refractivity contribution in [3.8, 4) is 0 Å². The summed E-state index contributed by atoms with van der Waals surface area (Å²) in [5, 5.41) is 0. The Bertz CT molecular complexity index is 433. The van der Waals surface area contributed by atoms with Crippen molar-refractivity contribution in [2.45, 2.75) is 136 Å². The Morgan fingerprint density at radius 2 is 0.867 bits per heavy atom. The molecule has 30 heavy (non-hydrogen) atoms. The van der Waals surface area contributed by atoms with Crippen LogP contribution in [-0.4, -0.2) is 24.5 Å². The topological polar surface area (TPSA) is 69.7 Å². The van der Waals surface area contributed by atoms with E-state index in [9.17, 15) is 14.4 Å². The van der Waals surface area contributed by atoms with E-state index in [4.69, 9.17) is 9.47 Å². The molecular formula is C25H46O5. The highest BCUT2D eigenvalue weighted by Gasteiger charge is 2.13. The summed E-state index contributed by atoms with van der Waals surface area (Å²) in [5.74, 6) is -1.56. The number of hydrogen-bond acceptors (Lipinski definition) is 5. The van der Waals surface area contributed by atoms with Crippen molar-refractivity contribution in [3.05, 3.63) is 0 Å². The zero-order valence-corrected chi connectivity index (χ0v) is 19.7. The molecule has 0 fully saturated rings.